The van der Waals surface area contributed by atoms with Crippen LogP contribution >= 0.6 is 12.4 Å². The monoisotopic (exact) mass is 241 g/mol. The normalized spacial score (nSPS) is 27.2. The average Bonchev–Trinajstić information content (AvgIpc) is 2.82. The van der Waals surface area contributed by atoms with E-state index in [9.17, 15) is 0 Å². The zero-order chi connectivity index (χ0) is 10.1. The van der Waals surface area contributed by atoms with Crippen LogP contribution in [0.4, 0.5) is 0 Å². The number of fused-ring (bicyclic) bond motifs is 1. The summed E-state index contributed by atoms with van der Waals surface area (Å²) in [6.07, 6.45) is 2.60. The molecule has 3 nitrogen and oxygen atoms in total. The molecule has 0 saturated carbocycles. The van der Waals surface area contributed by atoms with E-state index in [4.69, 9.17) is 9.47 Å². The van der Waals surface area contributed by atoms with E-state index in [-0.39, 0.29) is 18.5 Å². The first kappa shape index (κ1) is 11.6. The van der Waals surface area contributed by atoms with Gasteiger partial charge in [0.2, 0.25) is 0 Å². The van der Waals surface area contributed by atoms with Gasteiger partial charge < -0.3 is 14.8 Å². The molecule has 1 N–H and O–H groups in total. The molecule has 0 bridgehead atoms. The molecule has 1 fully saturated rings. The molecule has 0 unspecified atom stereocenters. The second-order valence-electron chi connectivity index (χ2n) is 4.12. The summed E-state index contributed by atoms with van der Waals surface area (Å²) in [6, 6.07) is 8.32. The molecule has 1 saturated heterocycles. The van der Waals surface area contributed by atoms with E-state index in [1.165, 1.54) is 12.8 Å². The van der Waals surface area contributed by atoms with Crippen LogP contribution in [0.2, 0.25) is 0 Å². The highest BCUT2D eigenvalue weighted by atomic mass is 35.5. The standard InChI is InChI=1S/C12H15NO2.ClH/c1-2-6-11-10(5-1)14-8-12(15-11)9-4-3-7-13-9;/h1-2,5-6,9,12-13H,3-4,7-8H2;1H/t9-,12+;/m1./s1. The van der Waals surface area contributed by atoms with E-state index in [1.54, 1.807) is 0 Å². The van der Waals surface area contributed by atoms with Crippen molar-refractivity contribution in [2.45, 2.75) is 25.0 Å². The van der Waals surface area contributed by atoms with Crippen LogP contribution in [-0.2, 0) is 0 Å². The second-order valence-corrected chi connectivity index (χ2v) is 4.12. The predicted molar refractivity (Wildman–Crippen MR) is 64.6 cm³/mol. The highest BCUT2D eigenvalue weighted by molar-refractivity contribution is 5.85. The first-order valence-corrected chi connectivity index (χ1v) is 5.55. The van der Waals surface area contributed by atoms with Gasteiger partial charge in [-0.2, -0.15) is 0 Å². The Morgan fingerprint density at radius 1 is 1.19 bits per heavy atom. The van der Waals surface area contributed by atoms with Gasteiger partial charge in [0.15, 0.2) is 11.5 Å². The smallest absolute Gasteiger partial charge is 0.161 e. The summed E-state index contributed by atoms with van der Waals surface area (Å²) in [5.41, 5.74) is 0. The number of hydrogen-bond acceptors (Lipinski definition) is 3. The van der Waals surface area contributed by atoms with Gasteiger partial charge in [-0.3, -0.25) is 0 Å². The molecule has 2 atom stereocenters. The topological polar surface area (TPSA) is 30.5 Å². The SMILES string of the molecule is Cl.c1ccc2c(c1)OC[C@@H]([C@H]1CCCN1)O2. The predicted octanol–water partition coefficient (Wildman–Crippen LogP) is 2.00. The molecular weight excluding hydrogens is 226 g/mol. The summed E-state index contributed by atoms with van der Waals surface area (Å²) in [4.78, 5) is 0. The van der Waals surface area contributed by atoms with E-state index in [0.29, 0.717) is 12.6 Å². The fraction of sp³-hybridized carbons (Fsp3) is 0.500. The van der Waals surface area contributed by atoms with Crippen molar-refractivity contribution in [3.05, 3.63) is 24.3 Å². The summed E-state index contributed by atoms with van der Waals surface area (Å²) < 4.78 is 11.6. The van der Waals surface area contributed by atoms with Crippen molar-refractivity contribution in [3.8, 4) is 11.5 Å². The van der Waals surface area contributed by atoms with Gasteiger partial charge in [-0.05, 0) is 31.5 Å². The fourth-order valence-electron chi connectivity index (χ4n) is 2.26. The van der Waals surface area contributed by atoms with Crippen LogP contribution in [0.1, 0.15) is 12.8 Å². The number of hydrogen-bond donors (Lipinski definition) is 1. The van der Waals surface area contributed by atoms with Crippen molar-refractivity contribution in [1.82, 2.24) is 5.32 Å². The summed E-state index contributed by atoms with van der Waals surface area (Å²) in [5, 5.41) is 3.45. The van der Waals surface area contributed by atoms with Crippen LogP contribution in [0.25, 0.3) is 0 Å². The minimum Gasteiger partial charge on any atom is -0.486 e. The molecule has 2 aliphatic heterocycles. The number of halogens is 1. The lowest BCUT2D eigenvalue weighted by atomic mass is 10.1. The number of benzene rings is 1. The van der Waals surface area contributed by atoms with E-state index >= 15 is 0 Å². The number of nitrogens with one attached hydrogen (secondary N) is 1. The molecule has 0 radical (unpaired) electrons. The van der Waals surface area contributed by atoms with Crippen LogP contribution in [0.3, 0.4) is 0 Å². The maximum atomic E-state index is 5.93. The lowest BCUT2D eigenvalue weighted by Gasteiger charge is -2.30. The highest BCUT2D eigenvalue weighted by Gasteiger charge is 2.30. The Morgan fingerprint density at radius 2 is 2.00 bits per heavy atom. The zero-order valence-electron chi connectivity index (χ0n) is 9.02. The minimum atomic E-state index is 0. The molecule has 88 valence electrons. The lowest BCUT2D eigenvalue weighted by Crippen LogP contribution is -2.44. The molecule has 0 aliphatic carbocycles. The number of ether oxygens (including phenoxy) is 2. The number of rotatable bonds is 1. The maximum absolute atomic E-state index is 5.93. The van der Waals surface area contributed by atoms with Crippen molar-refractivity contribution in [3.63, 3.8) is 0 Å². The van der Waals surface area contributed by atoms with Gasteiger partial charge in [0.1, 0.15) is 12.7 Å². The summed E-state index contributed by atoms with van der Waals surface area (Å²) in [7, 11) is 0. The van der Waals surface area contributed by atoms with Gasteiger partial charge in [0.05, 0.1) is 0 Å². The number of para-hydroxylation sites is 2. The third-order valence-corrected chi connectivity index (χ3v) is 3.08. The largest absolute Gasteiger partial charge is 0.486 e. The van der Waals surface area contributed by atoms with Crippen LogP contribution in [-0.4, -0.2) is 25.3 Å². The first-order chi connectivity index (χ1) is 7.43. The van der Waals surface area contributed by atoms with Crippen molar-refractivity contribution in [2.24, 2.45) is 0 Å². The van der Waals surface area contributed by atoms with Gasteiger partial charge in [-0.15, -0.1) is 12.4 Å². The van der Waals surface area contributed by atoms with E-state index < -0.39 is 0 Å². The van der Waals surface area contributed by atoms with E-state index in [1.807, 2.05) is 24.3 Å². The molecule has 2 aliphatic rings. The average molecular weight is 242 g/mol. The van der Waals surface area contributed by atoms with Crippen molar-refractivity contribution < 1.29 is 9.47 Å². The summed E-state index contributed by atoms with van der Waals surface area (Å²) >= 11 is 0. The Hall–Kier alpha value is -0.930. The molecule has 2 heterocycles. The first-order valence-electron chi connectivity index (χ1n) is 5.55. The van der Waals surface area contributed by atoms with Crippen molar-refractivity contribution >= 4 is 12.4 Å². The lowest BCUT2D eigenvalue weighted by molar-refractivity contribution is 0.0672. The van der Waals surface area contributed by atoms with E-state index in [2.05, 4.69) is 5.32 Å². The molecule has 0 spiro atoms. The van der Waals surface area contributed by atoms with Gasteiger partial charge in [-0.25, -0.2) is 0 Å². The third-order valence-electron chi connectivity index (χ3n) is 3.08. The minimum absolute atomic E-state index is 0. The van der Waals surface area contributed by atoms with Gasteiger partial charge >= 0.3 is 0 Å². The van der Waals surface area contributed by atoms with Gasteiger partial charge in [0.25, 0.3) is 0 Å². The van der Waals surface area contributed by atoms with Gasteiger partial charge in [-0.1, -0.05) is 12.1 Å². The molecular formula is C12H16ClNO2. The summed E-state index contributed by atoms with van der Waals surface area (Å²) in [5.74, 6) is 1.74. The van der Waals surface area contributed by atoms with Crippen LogP contribution in [0, 0.1) is 0 Å². The Labute approximate surface area is 102 Å². The Bertz CT molecular complexity index is 353. The van der Waals surface area contributed by atoms with Crippen molar-refractivity contribution in [1.29, 1.82) is 0 Å². The van der Waals surface area contributed by atoms with Gasteiger partial charge in [0, 0.05) is 6.04 Å². The maximum Gasteiger partial charge on any atom is 0.161 e. The Kier molecular flexibility index (Phi) is 3.56. The molecule has 0 aromatic heterocycles. The Balaban J connectivity index is 0.000000963. The van der Waals surface area contributed by atoms with Crippen LogP contribution < -0.4 is 14.8 Å². The van der Waals surface area contributed by atoms with Crippen LogP contribution in [0.15, 0.2) is 24.3 Å². The Morgan fingerprint density at radius 3 is 2.75 bits per heavy atom. The molecule has 4 heteroatoms. The molecule has 1 aromatic rings. The molecule has 1 aromatic carbocycles. The zero-order valence-corrected chi connectivity index (χ0v) is 9.83. The fourth-order valence-corrected chi connectivity index (χ4v) is 2.26. The highest BCUT2D eigenvalue weighted by Crippen LogP contribution is 2.32. The van der Waals surface area contributed by atoms with Crippen LogP contribution in [0.5, 0.6) is 11.5 Å². The van der Waals surface area contributed by atoms with Crippen molar-refractivity contribution in [2.75, 3.05) is 13.2 Å². The molecule has 3 rings (SSSR count). The third kappa shape index (κ3) is 2.11. The molecule has 16 heavy (non-hydrogen) atoms. The second kappa shape index (κ2) is 4.93. The summed E-state index contributed by atoms with van der Waals surface area (Å²) in [6.45, 7) is 1.76. The molecule has 0 amide bonds. The van der Waals surface area contributed by atoms with E-state index in [0.717, 1.165) is 18.0 Å². The quantitative estimate of drug-likeness (QED) is 0.816.